The number of rotatable bonds is 4. The summed E-state index contributed by atoms with van der Waals surface area (Å²) >= 11 is 0. The molecule has 7 heteroatoms. The van der Waals surface area contributed by atoms with Gasteiger partial charge in [0.15, 0.2) is 0 Å². The van der Waals surface area contributed by atoms with E-state index in [9.17, 15) is 13.2 Å². The van der Waals surface area contributed by atoms with Gasteiger partial charge in [-0.05, 0) is 37.1 Å². The zero-order valence-electron chi connectivity index (χ0n) is 12.2. The van der Waals surface area contributed by atoms with E-state index in [0.717, 1.165) is 6.42 Å². The summed E-state index contributed by atoms with van der Waals surface area (Å²) in [6.45, 7) is 3.73. The van der Waals surface area contributed by atoms with Gasteiger partial charge in [-0.3, -0.25) is 4.79 Å². The molecule has 0 aliphatic carbocycles. The fraction of sp³-hybridized carbons (Fsp3) is 0.500. The molecular weight excluding hydrogens is 292 g/mol. The van der Waals surface area contributed by atoms with E-state index in [2.05, 4.69) is 0 Å². The number of carbonyl (C=O) groups excluding carboxylic acids is 1. The van der Waals surface area contributed by atoms with Gasteiger partial charge in [0.05, 0.1) is 11.5 Å². The number of benzene rings is 1. The molecule has 1 aliphatic heterocycles. The molecule has 0 spiro atoms. The molecule has 1 atom stereocenters. The van der Waals surface area contributed by atoms with Crippen molar-refractivity contribution >= 4 is 15.9 Å². The maximum absolute atomic E-state index is 12.5. The number of aryl methyl sites for hydroxylation is 1. The Morgan fingerprint density at radius 2 is 2.19 bits per heavy atom. The molecule has 116 valence electrons. The van der Waals surface area contributed by atoms with E-state index < -0.39 is 10.0 Å². The molecule has 2 rings (SSSR count). The van der Waals surface area contributed by atoms with Crippen molar-refractivity contribution in [1.29, 1.82) is 0 Å². The van der Waals surface area contributed by atoms with Gasteiger partial charge in [-0.1, -0.05) is 0 Å². The SMILES string of the molecule is COCC1CCN(C(=O)c2ccc(S(N)(=O)=O)cc2C)C1. The van der Waals surface area contributed by atoms with Crippen LogP contribution in [0.25, 0.3) is 0 Å². The summed E-state index contributed by atoms with van der Waals surface area (Å²) < 4.78 is 27.7. The summed E-state index contributed by atoms with van der Waals surface area (Å²) in [5, 5.41) is 5.09. The number of primary sulfonamides is 1. The lowest BCUT2D eigenvalue weighted by atomic mass is 10.1. The maximum Gasteiger partial charge on any atom is 0.254 e. The van der Waals surface area contributed by atoms with Crippen LogP contribution in [0.1, 0.15) is 22.3 Å². The van der Waals surface area contributed by atoms with Gasteiger partial charge in [-0.15, -0.1) is 0 Å². The predicted octanol–water partition coefficient (Wildman–Crippen LogP) is 0.751. The van der Waals surface area contributed by atoms with Gasteiger partial charge in [-0.2, -0.15) is 0 Å². The second-order valence-corrected chi connectivity index (χ2v) is 6.94. The highest BCUT2D eigenvalue weighted by Gasteiger charge is 2.27. The number of sulfonamides is 1. The molecule has 1 amide bonds. The summed E-state index contributed by atoms with van der Waals surface area (Å²) in [5.74, 6) is 0.287. The number of hydrogen-bond acceptors (Lipinski definition) is 4. The Morgan fingerprint density at radius 1 is 1.48 bits per heavy atom. The third kappa shape index (κ3) is 3.61. The lowest BCUT2D eigenvalue weighted by Crippen LogP contribution is -2.30. The molecule has 0 saturated carbocycles. The Hall–Kier alpha value is -1.44. The van der Waals surface area contributed by atoms with Gasteiger partial charge in [0.2, 0.25) is 10.0 Å². The van der Waals surface area contributed by atoms with Crippen LogP contribution < -0.4 is 5.14 Å². The van der Waals surface area contributed by atoms with Gasteiger partial charge in [0, 0.05) is 31.7 Å². The number of nitrogens with zero attached hydrogens (tertiary/aromatic N) is 1. The zero-order chi connectivity index (χ0) is 15.6. The molecule has 0 bridgehead atoms. The molecule has 2 N–H and O–H groups in total. The maximum atomic E-state index is 12.5. The molecule has 1 unspecified atom stereocenters. The average molecular weight is 312 g/mol. The van der Waals surface area contributed by atoms with Crippen LogP contribution in [-0.2, 0) is 14.8 Å². The third-order valence-electron chi connectivity index (χ3n) is 3.73. The third-order valence-corrected chi connectivity index (χ3v) is 4.64. The molecular formula is C14H20N2O4S. The van der Waals surface area contributed by atoms with E-state index in [0.29, 0.717) is 36.7 Å². The van der Waals surface area contributed by atoms with Gasteiger partial charge in [-0.25, -0.2) is 13.6 Å². The van der Waals surface area contributed by atoms with E-state index in [-0.39, 0.29) is 10.8 Å². The summed E-state index contributed by atoms with van der Waals surface area (Å²) in [5.41, 5.74) is 1.13. The van der Waals surface area contributed by atoms with Crippen molar-refractivity contribution in [3.63, 3.8) is 0 Å². The van der Waals surface area contributed by atoms with Crippen LogP contribution in [0.2, 0.25) is 0 Å². The minimum Gasteiger partial charge on any atom is -0.384 e. The minimum absolute atomic E-state index is 0.0234. The van der Waals surface area contributed by atoms with E-state index in [1.165, 1.54) is 18.2 Å². The largest absolute Gasteiger partial charge is 0.384 e. The van der Waals surface area contributed by atoms with Crippen LogP contribution in [-0.4, -0.2) is 46.0 Å². The standard InChI is InChI=1S/C14H20N2O4S/c1-10-7-12(21(15,18)19)3-4-13(10)14(17)16-6-5-11(8-16)9-20-2/h3-4,7,11H,5-6,8-9H2,1-2H3,(H2,15,18,19). The van der Waals surface area contributed by atoms with Gasteiger partial charge < -0.3 is 9.64 Å². The van der Waals surface area contributed by atoms with Crippen molar-refractivity contribution in [2.45, 2.75) is 18.2 Å². The normalized spacial score (nSPS) is 19.0. The minimum atomic E-state index is -3.74. The molecule has 0 radical (unpaired) electrons. The second-order valence-electron chi connectivity index (χ2n) is 5.38. The number of ether oxygens (including phenoxy) is 1. The molecule has 1 saturated heterocycles. The van der Waals surface area contributed by atoms with E-state index in [1.807, 2.05) is 0 Å². The van der Waals surface area contributed by atoms with Crippen LogP contribution in [0.5, 0.6) is 0 Å². The first-order valence-corrected chi connectivity index (χ1v) is 8.29. The Balaban J connectivity index is 2.17. The summed E-state index contributed by atoms with van der Waals surface area (Å²) in [6.07, 6.45) is 0.924. The smallest absolute Gasteiger partial charge is 0.254 e. The Kier molecular flexibility index (Phi) is 4.65. The van der Waals surface area contributed by atoms with Gasteiger partial charge in [0.25, 0.3) is 5.91 Å². The molecule has 1 aliphatic rings. The molecule has 1 aromatic carbocycles. The van der Waals surface area contributed by atoms with Crippen LogP contribution in [0, 0.1) is 12.8 Å². The molecule has 1 fully saturated rings. The number of carbonyl (C=O) groups is 1. The summed E-state index contributed by atoms with van der Waals surface area (Å²) in [4.78, 5) is 14.3. The topological polar surface area (TPSA) is 89.7 Å². The number of methoxy groups -OCH3 is 1. The Morgan fingerprint density at radius 3 is 2.76 bits per heavy atom. The number of amides is 1. The van der Waals surface area contributed by atoms with Crippen molar-refractivity contribution in [3.05, 3.63) is 29.3 Å². The monoisotopic (exact) mass is 312 g/mol. The predicted molar refractivity (Wildman–Crippen MR) is 78.4 cm³/mol. The van der Waals surface area contributed by atoms with E-state index in [4.69, 9.17) is 9.88 Å². The first-order chi connectivity index (χ1) is 9.82. The van der Waals surface area contributed by atoms with Gasteiger partial charge in [0.1, 0.15) is 0 Å². The average Bonchev–Trinajstić information content (AvgIpc) is 2.86. The highest BCUT2D eigenvalue weighted by molar-refractivity contribution is 7.89. The Labute approximate surface area is 124 Å². The zero-order valence-corrected chi connectivity index (χ0v) is 13.0. The quantitative estimate of drug-likeness (QED) is 0.888. The van der Waals surface area contributed by atoms with Crippen LogP contribution in [0.3, 0.4) is 0 Å². The van der Waals surface area contributed by atoms with Crippen molar-refractivity contribution in [2.75, 3.05) is 26.8 Å². The summed E-state index contributed by atoms with van der Waals surface area (Å²) in [7, 11) is -2.09. The van der Waals surface area contributed by atoms with Crippen LogP contribution >= 0.6 is 0 Å². The lowest BCUT2D eigenvalue weighted by molar-refractivity contribution is 0.0774. The lowest BCUT2D eigenvalue weighted by Gasteiger charge is -2.18. The van der Waals surface area contributed by atoms with Crippen molar-refractivity contribution in [3.8, 4) is 0 Å². The fourth-order valence-corrected chi connectivity index (χ4v) is 3.21. The molecule has 1 heterocycles. The van der Waals surface area contributed by atoms with Crippen molar-refractivity contribution in [1.82, 2.24) is 4.90 Å². The summed E-state index contributed by atoms with van der Waals surface area (Å²) in [6, 6.07) is 4.34. The van der Waals surface area contributed by atoms with Crippen molar-refractivity contribution in [2.24, 2.45) is 11.1 Å². The Bertz CT molecular complexity index is 642. The van der Waals surface area contributed by atoms with Crippen LogP contribution in [0.4, 0.5) is 0 Å². The fourth-order valence-electron chi connectivity index (χ4n) is 2.61. The highest BCUT2D eigenvalue weighted by Crippen LogP contribution is 2.21. The highest BCUT2D eigenvalue weighted by atomic mass is 32.2. The molecule has 6 nitrogen and oxygen atoms in total. The van der Waals surface area contributed by atoms with Gasteiger partial charge >= 0.3 is 0 Å². The number of nitrogens with two attached hydrogens (primary N) is 1. The van der Waals surface area contributed by atoms with Crippen LogP contribution in [0.15, 0.2) is 23.1 Å². The second kappa shape index (κ2) is 6.13. The first-order valence-electron chi connectivity index (χ1n) is 6.74. The number of hydrogen-bond donors (Lipinski definition) is 1. The van der Waals surface area contributed by atoms with Crippen molar-refractivity contribution < 1.29 is 17.9 Å². The molecule has 21 heavy (non-hydrogen) atoms. The van der Waals surface area contributed by atoms with E-state index in [1.54, 1.807) is 18.9 Å². The number of likely N-dealkylation sites (tertiary alicyclic amines) is 1. The molecule has 0 aromatic heterocycles. The first kappa shape index (κ1) is 15.9. The van der Waals surface area contributed by atoms with E-state index >= 15 is 0 Å². The molecule has 1 aromatic rings.